The van der Waals surface area contributed by atoms with Crippen molar-refractivity contribution >= 4 is 17.1 Å². The fraction of sp³-hybridized carbons (Fsp3) is 0.733. The standard InChI is InChI=1S/C15H24N2OS/c1-11(2)12-4-5-15(18)13(6-12)7-17(3)8-14-9-19-10-16-14/h9-13H,4-8H2,1-3H3. The van der Waals surface area contributed by atoms with E-state index < -0.39 is 0 Å². The largest absolute Gasteiger partial charge is 0.300 e. The van der Waals surface area contributed by atoms with Gasteiger partial charge in [-0.2, -0.15) is 0 Å². The summed E-state index contributed by atoms with van der Waals surface area (Å²) in [4.78, 5) is 18.6. The molecule has 2 rings (SSSR count). The van der Waals surface area contributed by atoms with Crippen LogP contribution < -0.4 is 0 Å². The molecule has 1 heterocycles. The first-order chi connectivity index (χ1) is 9.06. The molecule has 0 saturated heterocycles. The summed E-state index contributed by atoms with van der Waals surface area (Å²) in [5.74, 6) is 2.10. The zero-order valence-electron chi connectivity index (χ0n) is 12.1. The van der Waals surface area contributed by atoms with Crippen LogP contribution in [-0.4, -0.2) is 29.3 Å². The molecule has 3 nitrogen and oxygen atoms in total. The quantitative estimate of drug-likeness (QED) is 0.830. The second-order valence-corrected chi connectivity index (χ2v) is 6.84. The zero-order chi connectivity index (χ0) is 13.8. The fourth-order valence-corrected chi connectivity index (χ4v) is 3.51. The lowest BCUT2D eigenvalue weighted by atomic mass is 9.75. The minimum atomic E-state index is 0.227. The first-order valence-electron chi connectivity index (χ1n) is 7.14. The SMILES string of the molecule is CC(C)C1CCC(=O)C(CN(C)Cc2cscn2)C1. The van der Waals surface area contributed by atoms with Crippen LogP contribution in [0, 0.1) is 17.8 Å². The molecule has 106 valence electrons. The second kappa shape index (κ2) is 6.62. The number of carbonyl (C=O) groups is 1. The molecule has 2 unspecified atom stereocenters. The average Bonchev–Trinajstić information content (AvgIpc) is 2.84. The highest BCUT2D eigenvalue weighted by Gasteiger charge is 2.30. The molecule has 1 aliphatic rings. The Hall–Kier alpha value is -0.740. The molecule has 0 bridgehead atoms. The molecule has 4 heteroatoms. The van der Waals surface area contributed by atoms with Gasteiger partial charge in [0.2, 0.25) is 0 Å². The van der Waals surface area contributed by atoms with E-state index in [0.29, 0.717) is 11.7 Å². The van der Waals surface area contributed by atoms with Gasteiger partial charge in [0.25, 0.3) is 0 Å². The minimum Gasteiger partial charge on any atom is -0.300 e. The molecular weight excluding hydrogens is 256 g/mol. The van der Waals surface area contributed by atoms with E-state index in [1.807, 2.05) is 5.51 Å². The van der Waals surface area contributed by atoms with Crippen molar-refractivity contribution < 1.29 is 4.79 Å². The second-order valence-electron chi connectivity index (χ2n) is 6.12. The maximum Gasteiger partial charge on any atom is 0.137 e. The molecular formula is C15H24N2OS. The highest BCUT2D eigenvalue weighted by Crippen LogP contribution is 2.32. The molecule has 2 atom stereocenters. The van der Waals surface area contributed by atoms with E-state index in [9.17, 15) is 4.79 Å². The van der Waals surface area contributed by atoms with Crippen molar-refractivity contribution in [3.8, 4) is 0 Å². The summed E-state index contributed by atoms with van der Waals surface area (Å²) in [5.41, 5.74) is 2.97. The van der Waals surface area contributed by atoms with E-state index in [1.165, 1.54) is 0 Å². The van der Waals surface area contributed by atoms with E-state index in [0.717, 1.165) is 44.0 Å². The summed E-state index contributed by atoms with van der Waals surface area (Å²) in [6.45, 7) is 6.27. The van der Waals surface area contributed by atoms with Gasteiger partial charge in [-0.05, 0) is 31.7 Å². The average molecular weight is 280 g/mol. The topological polar surface area (TPSA) is 33.2 Å². The van der Waals surface area contributed by atoms with Crippen molar-refractivity contribution in [3.63, 3.8) is 0 Å². The van der Waals surface area contributed by atoms with Crippen molar-refractivity contribution in [2.75, 3.05) is 13.6 Å². The van der Waals surface area contributed by atoms with Gasteiger partial charge in [-0.25, -0.2) is 4.98 Å². The first-order valence-corrected chi connectivity index (χ1v) is 8.09. The number of Topliss-reactive ketones (excluding diaryl/α,β-unsaturated/α-hetero) is 1. The first kappa shape index (κ1) is 14.7. The van der Waals surface area contributed by atoms with Gasteiger partial charge in [-0.1, -0.05) is 13.8 Å². The predicted molar refractivity (Wildman–Crippen MR) is 79.1 cm³/mol. The molecule has 0 amide bonds. The van der Waals surface area contributed by atoms with Gasteiger partial charge in [0.15, 0.2) is 0 Å². The van der Waals surface area contributed by atoms with Crippen LogP contribution in [0.25, 0.3) is 0 Å². The predicted octanol–water partition coefficient (Wildman–Crippen LogP) is 3.22. The lowest BCUT2D eigenvalue weighted by Crippen LogP contribution is -2.35. The third kappa shape index (κ3) is 4.11. The van der Waals surface area contributed by atoms with Crippen LogP contribution in [0.4, 0.5) is 0 Å². The normalized spacial score (nSPS) is 24.4. The molecule has 1 aromatic rings. The van der Waals surface area contributed by atoms with Crippen molar-refractivity contribution in [2.45, 2.75) is 39.7 Å². The molecule has 0 spiro atoms. The van der Waals surface area contributed by atoms with Crippen LogP contribution in [0.5, 0.6) is 0 Å². The lowest BCUT2D eigenvalue weighted by molar-refractivity contribution is -0.126. The number of thiazole rings is 1. The van der Waals surface area contributed by atoms with Gasteiger partial charge in [0, 0.05) is 30.8 Å². The fourth-order valence-electron chi connectivity index (χ4n) is 2.96. The van der Waals surface area contributed by atoms with Crippen LogP contribution >= 0.6 is 11.3 Å². The number of ketones is 1. The Labute approximate surface area is 120 Å². The lowest BCUT2D eigenvalue weighted by Gasteiger charge is -2.32. The third-order valence-electron chi connectivity index (χ3n) is 4.19. The number of hydrogen-bond acceptors (Lipinski definition) is 4. The van der Waals surface area contributed by atoms with E-state index >= 15 is 0 Å². The number of rotatable bonds is 5. The van der Waals surface area contributed by atoms with Gasteiger partial charge in [0.05, 0.1) is 11.2 Å². The monoisotopic (exact) mass is 280 g/mol. The highest BCUT2D eigenvalue weighted by molar-refractivity contribution is 7.07. The Balaban J connectivity index is 1.87. The Kier molecular flexibility index (Phi) is 5.11. The molecule has 0 N–H and O–H groups in total. The zero-order valence-corrected chi connectivity index (χ0v) is 12.9. The van der Waals surface area contributed by atoms with Gasteiger partial charge >= 0.3 is 0 Å². The Morgan fingerprint density at radius 2 is 2.32 bits per heavy atom. The maximum absolute atomic E-state index is 12.1. The van der Waals surface area contributed by atoms with Crippen molar-refractivity contribution in [1.82, 2.24) is 9.88 Å². The molecule has 0 radical (unpaired) electrons. The summed E-state index contributed by atoms with van der Waals surface area (Å²) >= 11 is 1.63. The summed E-state index contributed by atoms with van der Waals surface area (Å²) in [6, 6.07) is 0. The number of carbonyl (C=O) groups excluding carboxylic acids is 1. The Morgan fingerprint density at radius 3 is 2.95 bits per heavy atom. The smallest absolute Gasteiger partial charge is 0.137 e. The third-order valence-corrected chi connectivity index (χ3v) is 4.83. The Bertz CT molecular complexity index is 402. The molecule has 1 aromatic heterocycles. The van der Waals surface area contributed by atoms with Crippen molar-refractivity contribution in [1.29, 1.82) is 0 Å². The summed E-state index contributed by atoms with van der Waals surface area (Å²) in [7, 11) is 2.09. The van der Waals surface area contributed by atoms with Crippen LogP contribution in [0.2, 0.25) is 0 Å². The maximum atomic E-state index is 12.1. The Morgan fingerprint density at radius 1 is 1.53 bits per heavy atom. The van der Waals surface area contributed by atoms with Gasteiger partial charge < -0.3 is 0 Å². The van der Waals surface area contributed by atoms with Crippen LogP contribution in [-0.2, 0) is 11.3 Å². The van der Waals surface area contributed by atoms with Crippen LogP contribution in [0.1, 0.15) is 38.8 Å². The van der Waals surface area contributed by atoms with Crippen molar-refractivity contribution in [3.05, 3.63) is 16.6 Å². The van der Waals surface area contributed by atoms with E-state index in [1.54, 1.807) is 11.3 Å². The highest BCUT2D eigenvalue weighted by atomic mass is 32.1. The number of hydrogen-bond donors (Lipinski definition) is 0. The van der Waals surface area contributed by atoms with Crippen molar-refractivity contribution in [2.24, 2.45) is 17.8 Å². The van der Waals surface area contributed by atoms with Gasteiger partial charge in [-0.15, -0.1) is 11.3 Å². The molecule has 1 fully saturated rings. The molecule has 0 aliphatic heterocycles. The molecule has 0 aromatic carbocycles. The number of nitrogens with zero attached hydrogens (tertiary/aromatic N) is 2. The van der Waals surface area contributed by atoms with E-state index in [-0.39, 0.29) is 5.92 Å². The van der Waals surface area contributed by atoms with Crippen LogP contribution in [0.3, 0.4) is 0 Å². The summed E-state index contributed by atoms with van der Waals surface area (Å²) in [6.07, 6.45) is 2.93. The van der Waals surface area contributed by atoms with Gasteiger partial charge in [-0.3, -0.25) is 9.69 Å². The summed E-state index contributed by atoms with van der Waals surface area (Å²) < 4.78 is 0. The van der Waals surface area contributed by atoms with Gasteiger partial charge in [0.1, 0.15) is 5.78 Å². The van der Waals surface area contributed by atoms with Crippen LogP contribution in [0.15, 0.2) is 10.9 Å². The molecule has 1 aliphatic carbocycles. The molecule has 1 saturated carbocycles. The summed E-state index contributed by atoms with van der Waals surface area (Å²) in [5, 5.41) is 2.08. The van der Waals surface area contributed by atoms with E-state index in [2.05, 4.69) is 36.2 Å². The minimum absolute atomic E-state index is 0.227. The van der Waals surface area contributed by atoms with E-state index in [4.69, 9.17) is 0 Å². The molecule has 19 heavy (non-hydrogen) atoms. The number of aromatic nitrogens is 1.